The van der Waals surface area contributed by atoms with E-state index in [1.165, 1.54) is 19.3 Å². The first-order valence-electron chi connectivity index (χ1n) is 7.72. The molecule has 5 heteroatoms. The quantitative estimate of drug-likeness (QED) is 0.897. The summed E-state index contributed by atoms with van der Waals surface area (Å²) in [5.41, 5.74) is 1.64. The summed E-state index contributed by atoms with van der Waals surface area (Å²) >= 11 is 0. The lowest BCUT2D eigenvalue weighted by molar-refractivity contribution is 0.0822. The van der Waals surface area contributed by atoms with E-state index < -0.39 is 0 Å². The van der Waals surface area contributed by atoms with Gasteiger partial charge in [0, 0.05) is 38.6 Å². The molecule has 21 heavy (non-hydrogen) atoms. The highest BCUT2D eigenvalue weighted by atomic mass is 16.2. The van der Waals surface area contributed by atoms with Gasteiger partial charge in [-0.2, -0.15) is 0 Å². The number of hydrogen-bond donors (Lipinski definition) is 1. The number of hydrogen-bond acceptors (Lipinski definition) is 4. The number of nitrogens with zero attached hydrogens (tertiary/aromatic N) is 3. The Labute approximate surface area is 127 Å². The van der Waals surface area contributed by atoms with Crippen LogP contribution in [0.5, 0.6) is 0 Å². The molecule has 1 aliphatic rings. The molecule has 2 heterocycles. The van der Waals surface area contributed by atoms with Gasteiger partial charge in [-0.1, -0.05) is 0 Å². The first-order valence-corrected chi connectivity index (χ1v) is 7.72. The number of aromatic nitrogens is 1. The first kappa shape index (κ1) is 15.8. The maximum Gasteiger partial charge on any atom is 0.272 e. The van der Waals surface area contributed by atoms with Crippen LogP contribution in [0.3, 0.4) is 0 Å². The summed E-state index contributed by atoms with van der Waals surface area (Å²) in [7, 11) is 5.51. The van der Waals surface area contributed by atoms with E-state index in [-0.39, 0.29) is 5.91 Å². The van der Waals surface area contributed by atoms with Crippen LogP contribution in [0.1, 0.15) is 36.2 Å². The van der Waals surface area contributed by atoms with E-state index in [0.717, 1.165) is 25.2 Å². The Balaban J connectivity index is 2.18. The molecule has 1 unspecified atom stereocenters. The van der Waals surface area contributed by atoms with Crippen molar-refractivity contribution in [1.82, 2.24) is 15.2 Å². The van der Waals surface area contributed by atoms with Gasteiger partial charge in [0.2, 0.25) is 0 Å². The monoisotopic (exact) mass is 290 g/mol. The molecule has 1 N–H and O–H groups in total. The standard InChI is InChI=1S/C16H26N4O/c1-17-9-7-13-6-4-5-11-20(13)14-8-10-18-15(12-14)16(21)19(2)3/h8,10,12-13,17H,4-7,9,11H2,1-3H3. The molecule has 1 saturated heterocycles. The summed E-state index contributed by atoms with van der Waals surface area (Å²) in [6, 6.07) is 4.50. The Kier molecular flexibility index (Phi) is 5.56. The largest absolute Gasteiger partial charge is 0.368 e. The molecule has 0 aromatic carbocycles. The predicted octanol–water partition coefficient (Wildman–Crippen LogP) is 1.75. The van der Waals surface area contributed by atoms with Crippen molar-refractivity contribution in [3.8, 4) is 0 Å². The fraction of sp³-hybridized carbons (Fsp3) is 0.625. The minimum absolute atomic E-state index is 0.0411. The average molecular weight is 290 g/mol. The third-order valence-electron chi connectivity index (χ3n) is 4.06. The summed E-state index contributed by atoms with van der Waals surface area (Å²) in [5.74, 6) is -0.0411. The van der Waals surface area contributed by atoms with Crippen molar-refractivity contribution in [2.75, 3.05) is 39.1 Å². The van der Waals surface area contributed by atoms with E-state index in [1.54, 1.807) is 25.2 Å². The van der Waals surface area contributed by atoms with Gasteiger partial charge in [0.05, 0.1) is 0 Å². The van der Waals surface area contributed by atoms with Gasteiger partial charge in [-0.3, -0.25) is 9.78 Å². The van der Waals surface area contributed by atoms with Gasteiger partial charge in [0.1, 0.15) is 5.69 Å². The van der Waals surface area contributed by atoms with E-state index in [2.05, 4.69) is 15.2 Å². The molecule has 1 aromatic rings. The van der Waals surface area contributed by atoms with Crippen LogP contribution < -0.4 is 10.2 Å². The fourth-order valence-electron chi connectivity index (χ4n) is 2.90. The molecular formula is C16H26N4O. The van der Waals surface area contributed by atoms with Crippen LogP contribution in [-0.2, 0) is 0 Å². The third-order valence-corrected chi connectivity index (χ3v) is 4.06. The summed E-state index contributed by atoms with van der Waals surface area (Å²) in [6.45, 7) is 2.09. The van der Waals surface area contributed by atoms with Crippen LogP contribution >= 0.6 is 0 Å². The SMILES string of the molecule is CNCCC1CCCCN1c1ccnc(C(=O)N(C)C)c1. The molecule has 5 nitrogen and oxygen atoms in total. The Morgan fingerprint density at radius 3 is 3.00 bits per heavy atom. The van der Waals surface area contributed by atoms with Gasteiger partial charge in [0.25, 0.3) is 5.91 Å². The van der Waals surface area contributed by atoms with Crippen LogP contribution in [0.25, 0.3) is 0 Å². The molecule has 0 spiro atoms. The minimum atomic E-state index is -0.0411. The molecular weight excluding hydrogens is 264 g/mol. The fourth-order valence-corrected chi connectivity index (χ4v) is 2.90. The van der Waals surface area contributed by atoms with Crippen LogP contribution in [0.2, 0.25) is 0 Å². The smallest absolute Gasteiger partial charge is 0.272 e. The molecule has 0 aliphatic carbocycles. The zero-order valence-electron chi connectivity index (χ0n) is 13.3. The zero-order valence-corrected chi connectivity index (χ0v) is 13.3. The van der Waals surface area contributed by atoms with Crippen LogP contribution in [0, 0.1) is 0 Å². The second kappa shape index (κ2) is 7.41. The van der Waals surface area contributed by atoms with Crippen molar-refractivity contribution in [3.63, 3.8) is 0 Å². The van der Waals surface area contributed by atoms with Crippen molar-refractivity contribution in [2.45, 2.75) is 31.7 Å². The molecule has 0 saturated carbocycles. The lowest BCUT2D eigenvalue weighted by atomic mass is 9.98. The molecule has 1 amide bonds. The molecule has 1 fully saturated rings. The van der Waals surface area contributed by atoms with Gasteiger partial charge >= 0.3 is 0 Å². The third kappa shape index (κ3) is 3.94. The zero-order chi connectivity index (χ0) is 15.2. The van der Waals surface area contributed by atoms with Gasteiger partial charge in [0.15, 0.2) is 0 Å². The van der Waals surface area contributed by atoms with E-state index >= 15 is 0 Å². The molecule has 0 bridgehead atoms. The Morgan fingerprint density at radius 1 is 1.48 bits per heavy atom. The maximum atomic E-state index is 12.1. The van der Waals surface area contributed by atoms with E-state index in [4.69, 9.17) is 0 Å². The molecule has 2 rings (SSSR count). The van der Waals surface area contributed by atoms with Crippen LogP contribution in [0.15, 0.2) is 18.3 Å². The summed E-state index contributed by atoms with van der Waals surface area (Å²) in [6.07, 6.45) is 6.61. The highest BCUT2D eigenvalue weighted by Gasteiger charge is 2.23. The number of amides is 1. The Bertz CT molecular complexity index is 475. The molecule has 1 aromatic heterocycles. The number of nitrogens with one attached hydrogen (secondary N) is 1. The number of piperidine rings is 1. The first-order chi connectivity index (χ1) is 10.1. The van der Waals surface area contributed by atoms with E-state index in [0.29, 0.717) is 11.7 Å². The summed E-state index contributed by atoms with van der Waals surface area (Å²) in [5, 5.41) is 3.23. The number of carbonyl (C=O) groups excluding carboxylic acids is 1. The molecule has 0 radical (unpaired) electrons. The van der Waals surface area contributed by atoms with E-state index in [9.17, 15) is 4.79 Å². The molecule has 116 valence electrons. The van der Waals surface area contributed by atoms with Gasteiger partial charge in [-0.05, 0) is 51.4 Å². The van der Waals surface area contributed by atoms with Crippen molar-refractivity contribution in [2.24, 2.45) is 0 Å². The summed E-state index contributed by atoms with van der Waals surface area (Å²) < 4.78 is 0. The molecule has 1 aliphatic heterocycles. The van der Waals surface area contributed by atoms with Gasteiger partial charge in [-0.25, -0.2) is 0 Å². The molecule has 1 atom stereocenters. The number of pyridine rings is 1. The number of rotatable bonds is 5. The second-order valence-electron chi connectivity index (χ2n) is 5.83. The Hall–Kier alpha value is -1.62. The summed E-state index contributed by atoms with van der Waals surface area (Å²) in [4.78, 5) is 20.3. The van der Waals surface area contributed by atoms with Crippen molar-refractivity contribution >= 4 is 11.6 Å². The lowest BCUT2D eigenvalue weighted by Crippen LogP contribution is -2.41. The van der Waals surface area contributed by atoms with Crippen LogP contribution in [0.4, 0.5) is 5.69 Å². The topological polar surface area (TPSA) is 48.5 Å². The van der Waals surface area contributed by atoms with Crippen molar-refractivity contribution in [3.05, 3.63) is 24.0 Å². The lowest BCUT2D eigenvalue weighted by Gasteiger charge is -2.37. The van der Waals surface area contributed by atoms with E-state index in [1.807, 2.05) is 19.2 Å². The normalized spacial score (nSPS) is 18.6. The minimum Gasteiger partial charge on any atom is -0.368 e. The van der Waals surface area contributed by atoms with Crippen molar-refractivity contribution in [1.29, 1.82) is 0 Å². The highest BCUT2D eigenvalue weighted by Crippen LogP contribution is 2.26. The van der Waals surface area contributed by atoms with Gasteiger partial charge in [-0.15, -0.1) is 0 Å². The van der Waals surface area contributed by atoms with Gasteiger partial charge < -0.3 is 15.1 Å². The predicted molar refractivity (Wildman–Crippen MR) is 85.8 cm³/mol. The van der Waals surface area contributed by atoms with Crippen molar-refractivity contribution < 1.29 is 4.79 Å². The van der Waals surface area contributed by atoms with Crippen LogP contribution in [-0.4, -0.2) is 56.1 Å². The average Bonchev–Trinajstić information content (AvgIpc) is 2.52. The Morgan fingerprint density at radius 2 is 2.29 bits per heavy atom. The number of carbonyl (C=O) groups is 1. The second-order valence-corrected chi connectivity index (χ2v) is 5.83. The maximum absolute atomic E-state index is 12.1. The number of anilines is 1. The highest BCUT2D eigenvalue weighted by molar-refractivity contribution is 5.92.